The summed E-state index contributed by atoms with van der Waals surface area (Å²) in [6, 6.07) is 10.6. The summed E-state index contributed by atoms with van der Waals surface area (Å²) < 4.78 is 9.79. The molecule has 0 saturated heterocycles. The predicted molar refractivity (Wildman–Crippen MR) is 94.3 cm³/mol. The Morgan fingerprint density at radius 1 is 1.04 bits per heavy atom. The van der Waals surface area contributed by atoms with E-state index < -0.39 is 16.9 Å². The van der Waals surface area contributed by atoms with Crippen molar-refractivity contribution in [3.05, 3.63) is 69.3 Å². The first-order chi connectivity index (χ1) is 12.3. The molecule has 0 unspecified atom stereocenters. The Labute approximate surface area is 150 Å². The van der Waals surface area contributed by atoms with Gasteiger partial charge in [-0.3, -0.25) is 10.1 Å². The van der Waals surface area contributed by atoms with Gasteiger partial charge in [-0.15, -0.1) is 0 Å². The Hall–Kier alpha value is -3.42. The number of rotatable bonds is 6. The van der Waals surface area contributed by atoms with Crippen LogP contribution in [0.1, 0.15) is 26.3 Å². The van der Waals surface area contributed by atoms with E-state index in [1.165, 1.54) is 25.3 Å². The summed E-state index contributed by atoms with van der Waals surface area (Å²) in [6.45, 7) is -0.0243. The normalized spacial score (nSPS) is 10.1. The third-order valence-corrected chi connectivity index (χ3v) is 3.63. The highest BCUT2D eigenvalue weighted by Gasteiger charge is 2.19. The molecular formula is C18H18N2O6. The van der Waals surface area contributed by atoms with E-state index in [1.54, 1.807) is 43.3 Å². The number of hydrogen-bond donors (Lipinski definition) is 0. The predicted octanol–water partition coefficient (Wildman–Crippen LogP) is 2.80. The number of hydrogen-bond acceptors (Lipinski definition) is 7. The lowest BCUT2D eigenvalue weighted by atomic mass is 10.1. The van der Waals surface area contributed by atoms with Crippen molar-refractivity contribution in [3.63, 3.8) is 0 Å². The van der Waals surface area contributed by atoms with Gasteiger partial charge in [0, 0.05) is 20.2 Å². The number of nitro benzene ring substituents is 1. The molecule has 0 aliphatic heterocycles. The van der Waals surface area contributed by atoms with Crippen molar-refractivity contribution in [2.24, 2.45) is 0 Å². The number of esters is 2. The van der Waals surface area contributed by atoms with Crippen LogP contribution >= 0.6 is 0 Å². The van der Waals surface area contributed by atoms with Crippen LogP contribution < -0.4 is 4.90 Å². The van der Waals surface area contributed by atoms with Gasteiger partial charge >= 0.3 is 11.9 Å². The summed E-state index contributed by atoms with van der Waals surface area (Å²) in [7, 11) is 4.65. The number of carbonyl (C=O) groups is 2. The minimum Gasteiger partial charge on any atom is -0.465 e. The number of nitrogens with zero attached hydrogens (tertiary/aromatic N) is 2. The molecule has 0 amide bonds. The van der Waals surface area contributed by atoms with Gasteiger partial charge in [0.1, 0.15) is 12.3 Å². The van der Waals surface area contributed by atoms with Gasteiger partial charge in [0.2, 0.25) is 0 Å². The highest BCUT2D eigenvalue weighted by molar-refractivity contribution is 5.91. The molecule has 2 aromatic rings. The number of nitro groups is 1. The van der Waals surface area contributed by atoms with Crippen LogP contribution in [0.25, 0.3) is 0 Å². The average molecular weight is 358 g/mol. The van der Waals surface area contributed by atoms with Crippen LogP contribution in [0.2, 0.25) is 0 Å². The fraction of sp³-hybridized carbons (Fsp3) is 0.222. The van der Waals surface area contributed by atoms with Crippen molar-refractivity contribution in [2.75, 3.05) is 26.1 Å². The van der Waals surface area contributed by atoms with Crippen molar-refractivity contribution in [2.45, 2.75) is 6.61 Å². The van der Waals surface area contributed by atoms with Gasteiger partial charge in [0.05, 0.1) is 23.2 Å². The van der Waals surface area contributed by atoms with Crippen LogP contribution in [0.4, 0.5) is 11.4 Å². The van der Waals surface area contributed by atoms with Crippen LogP contribution in [-0.4, -0.2) is 38.1 Å². The van der Waals surface area contributed by atoms with E-state index in [1.807, 2.05) is 0 Å². The lowest BCUT2D eigenvalue weighted by Gasteiger charge is -2.13. The van der Waals surface area contributed by atoms with E-state index in [-0.39, 0.29) is 17.9 Å². The molecule has 2 rings (SSSR count). The molecule has 0 saturated carbocycles. The van der Waals surface area contributed by atoms with Crippen LogP contribution in [0, 0.1) is 10.1 Å². The highest BCUT2D eigenvalue weighted by Crippen LogP contribution is 2.28. The molecule has 8 heteroatoms. The summed E-state index contributed by atoms with van der Waals surface area (Å²) in [5, 5.41) is 11.2. The summed E-state index contributed by atoms with van der Waals surface area (Å²) in [5.41, 5.74) is 1.37. The first-order valence-electron chi connectivity index (χ1n) is 7.63. The molecule has 0 atom stereocenters. The van der Waals surface area contributed by atoms with E-state index >= 15 is 0 Å². The van der Waals surface area contributed by atoms with Crippen molar-refractivity contribution in [1.82, 2.24) is 0 Å². The Kier molecular flexibility index (Phi) is 5.90. The molecule has 0 aromatic heterocycles. The third kappa shape index (κ3) is 4.35. The number of methoxy groups -OCH3 is 1. The monoisotopic (exact) mass is 358 g/mol. The molecular weight excluding hydrogens is 340 g/mol. The maximum absolute atomic E-state index is 12.2. The third-order valence-electron chi connectivity index (χ3n) is 3.63. The summed E-state index contributed by atoms with van der Waals surface area (Å²) in [4.78, 5) is 35.8. The summed E-state index contributed by atoms with van der Waals surface area (Å²) in [5.74, 6) is -1.13. The fourth-order valence-electron chi connectivity index (χ4n) is 2.26. The molecule has 0 N–H and O–H groups in total. The van der Waals surface area contributed by atoms with E-state index in [4.69, 9.17) is 4.74 Å². The second-order valence-corrected chi connectivity index (χ2v) is 5.62. The molecule has 0 bridgehead atoms. The lowest BCUT2D eigenvalue weighted by Crippen LogP contribution is -2.12. The molecule has 136 valence electrons. The molecule has 2 aromatic carbocycles. The Bertz CT molecular complexity index is 830. The smallest absolute Gasteiger partial charge is 0.338 e. The van der Waals surface area contributed by atoms with Crippen molar-refractivity contribution < 1.29 is 24.0 Å². The second-order valence-electron chi connectivity index (χ2n) is 5.62. The highest BCUT2D eigenvalue weighted by atomic mass is 16.6. The first-order valence-corrected chi connectivity index (χ1v) is 7.63. The van der Waals surface area contributed by atoms with Gasteiger partial charge in [-0.25, -0.2) is 9.59 Å². The van der Waals surface area contributed by atoms with Gasteiger partial charge in [-0.05, 0) is 29.8 Å². The molecule has 0 fully saturated rings. The average Bonchev–Trinajstić information content (AvgIpc) is 2.65. The first kappa shape index (κ1) is 18.9. The number of carbonyl (C=O) groups excluding carboxylic acids is 2. The van der Waals surface area contributed by atoms with Crippen molar-refractivity contribution in [3.8, 4) is 0 Å². The minimum absolute atomic E-state index is 0.0243. The molecule has 8 nitrogen and oxygen atoms in total. The van der Waals surface area contributed by atoms with Gasteiger partial charge < -0.3 is 14.4 Å². The Morgan fingerprint density at radius 2 is 1.65 bits per heavy atom. The zero-order chi connectivity index (χ0) is 19.3. The number of benzene rings is 2. The van der Waals surface area contributed by atoms with Crippen molar-refractivity contribution in [1.29, 1.82) is 0 Å². The standard InChI is InChI=1S/C18H18N2O6/c1-19(2)15-9-8-14(10-16(15)20(23)24)18(22)26-11-12-4-6-13(7-5-12)17(21)25-3/h4-10H,11H2,1-3H3. The van der Waals surface area contributed by atoms with Gasteiger partial charge in [-0.1, -0.05) is 12.1 Å². The van der Waals surface area contributed by atoms with Gasteiger partial charge in [0.15, 0.2) is 0 Å². The number of ether oxygens (including phenoxy) is 2. The lowest BCUT2D eigenvalue weighted by molar-refractivity contribution is -0.384. The van der Waals surface area contributed by atoms with E-state index in [0.29, 0.717) is 16.8 Å². The molecule has 0 spiro atoms. The second kappa shape index (κ2) is 8.11. The van der Waals surface area contributed by atoms with E-state index in [2.05, 4.69) is 4.74 Å². The van der Waals surface area contributed by atoms with Crippen LogP contribution in [0.5, 0.6) is 0 Å². The van der Waals surface area contributed by atoms with Crippen LogP contribution in [-0.2, 0) is 16.1 Å². The summed E-state index contributed by atoms with van der Waals surface area (Å²) >= 11 is 0. The molecule has 0 aliphatic carbocycles. The van der Waals surface area contributed by atoms with E-state index in [0.717, 1.165) is 0 Å². The fourth-order valence-corrected chi connectivity index (χ4v) is 2.26. The largest absolute Gasteiger partial charge is 0.465 e. The zero-order valence-corrected chi connectivity index (χ0v) is 14.6. The van der Waals surface area contributed by atoms with Gasteiger partial charge in [0.25, 0.3) is 5.69 Å². The maximum Gasteiger partial charge on any atom is 0.338 e. The van der Waals surface area contributed by atoms with Crippen LogP contribution in [0.3, 0.4) is 0 Å². The minimum atomic E-state index is -0.671. The molecule has 0 aliphatic rings. The molecule has 0 radical (unpaired) electrons. The SMILES string of the molecule is COC(=O)c1ccc(COC(=O)c2ccc(N(C)C)c([N+](=O)[O-])c2)cc1. The molecule has 26 heavy (non-hydrogen) atoms. The maximum atomic E-state index is 12.2. The topological polar surface area (TPSA) is 99.0 Å². The van der Waals surface area contributed by atoms with Crippen LogP contribution in [0.15, 0.2) is 42.5 Å². The van der Waals surface area contributed by atoms with Crippen molar-refractivity contribution >= 4 is 23.3 Å². The number of anilines is 1. The quantitative estimate of drug-likeness (QED) is 0.445. The Balaban J connectivity index is 2.09. The summed E-state index contributed by atoms with van der Waals surface area (Å²) in [6.07, 6.45) is 0. The molecule has 0 heterocycles. The van der Waals surface area contributed by atoms with E-state index in [9.17, 15) is 19.7 Å². The Morgan fingerprint density at radius 3 is 2.19 bits per heavy atom. The zero-order valence-electron chi connectivity index (χ0n) is 14.6. The van der Waals surface area contributed by atoms with Gasteiger partial charge in [-0.2, -0.15) is 0 Å².